The molecule has 1 saturated heterocycles. The molecule has 0 aliphatic carbocycles. The summed E-state index contributed by atoms with van der Waals surface area (Å²) in [5.74, 6) is 0.941. The SMILES string of the molecule is COc1ccc(C(=O)N2CCN(C(=O)Nc3ccc4ccccc4c3)CC2c2ccccc2)cc1OC. The zero-order valence-electron chi connectivity index (χ0n) is 20.9. The summed E-state index contributed by atoms with van der Waals surface area (Å²) in [7, 11) is 3.11. The van der Waals surface area contributed by atoms with Gasteiger partial charge in [-0.3, -0.25) is 4.79 Å². The van der Waals surface area contributed by atoms with Crippen molar-refractivity contribution >= 4 is 28.4 Å². The smallest absolute Gasteiger partial charge is 0.321 e. The van der Waals surface area contributed by atoms with Gasteiger partial charge in [0.15, 0.2) is 11.5 Å². The number of hydrogen-bond acceptors (Lipinski definition) is 4. The van der Waals surface area contributed by atoms with Crippen LogP contribution in [0.3, 0.4) is 0 Å². The molecule has 1 heterocycles. The first-order chi connectivity index (χ1) is 18.1. The Hall–Kier alpha value is -4.52. The first-order valence-electron chi connectivity index (χ1n) is 12.2. The highest BCUT2D eigenvalue weighted by atomic mass is 16.5. The summed E-state index contributed by atoms with van der Waals surface area (Å²) in [6.45, 7) is 1.20. The van der Waals surface area contributed by atoms with Gasteiger partial charge in [0.2, 0.25) is 0 Å². The number of carbonyl (C=O) groups is 2. The minimum Gasteiger partial charge on any atom is -0.493 e. The van der Waals surface area contributed by atoms with Crippen molar-refractivity contribution in [2.45, 2.75) is 6.04 Å². The number of ether oxygens (including phenoxy) is 2. The number of benzene rings is 4. The van der Waals surface area contributed by atoms with Crippen LogP contribution in [0.25, 0.3) is 10.8 Å². The Balaban J connectivity index is 1.37. The van der Waals surface area contributed by atoms with Crippen LogP contribution in [0.15, 0.2) is 91.0 Å². The predicted molar refractivity (Wildman–Crippen MR) is 144 cm³/mol. The van der Waals surface area contributed by atoms with Crippen molar-refractivity contribution in [2.75, 3.05) is 39.2 Å². The highest BCUT2D eigenvalue weighted by Crippen LogP contribution is 2.31. The molecule has 1 atom stereocenters. The highest BCUT2D eigenvalue weighted by molar-refractivity contribution is 5.96. The van der Waals surface area contributed by atoms with E-state index in [0.29, 0.717) is 36.7 Å². The first-order valence-corrected chi connectivity index (χ1v) is 12.2. The molecule has 1 N–H and O–H groups in total. The summed E-state index contributed by atoms with van der Waals surface area (Å²) < 4.78 is 10.7. The molecule has 5 rings (SSSR count). The summed E-state index contributed by atoms with van der Waals surface area (Å²) >= 11 is 0. The van der Waals surface area contributed by atoms with Crippen LogP contribution in [0, 0.1) is 0 Å². The maximum absolute atomic E-state index is 13.7. The van der Waals surface area contributed by atoms with E-state index in [-0.39, 0.29) is 18.0 Å². The van der Waals surface area contributed by atoms with Gasteiger partial charge in [0.25, 0.3) is 5.91 Å². The Morgan fingerprint density at radius 3 is 2.27 bits per heavy atom. The lowest BCUT2D eigenvalue weighted by Crippen LogP contribution is -2.53. The minimum atomic E-state index is -0.294. The normalized spacial score (nSPS) is 15.4. The second kappa shape index (κ2) is 10.6. The summed E-state index contributed by atoms with van der Waals surface area (Å²) in [5, 5.41) is 5.21. The van der Waals surface area contributed by atoms with E-state index in [0.717, 1.165) is 22.0 Å². The third-order valence-corrected chi connectivity index (χ3v) is 6.74. The van der Waals surface area contributed by atoms with Gasteiger partial charge < -0.3 is 24.6 Å². The Bertz CT molecular complexity index is 1420. The standard InChI is InChI=1S/C30H29N3O4/c1-36-27-15-13-24(19-28(27)37-2)29(34)33-17-16-32(20-26(33)22-9-4-3-5-10-22)30(35)31-25-14-12-21-8-6-7-11-23(21)18-25/h3-15,18-19,26H,16-17,20H2,1-2H3,(H,31,35). The molecule has 1 aliphatic heterocycles. The third-order valence-electron chi connectivity index (χ3n) is 6.74. The number of methoxy groups -OCH3 is 2. The minimum absolute atomic E-state index is 0.121. The molecule has 7 heteroatoms. The van der Waals surface area contributed by atoms with E-state index in [1.54, 1.807) is 37.3 Å². The van der Waals surface area contributed by atoms with Crippen LogP contribution in [-0.2, 0) is 0 Å². The first kappa shape index (κ1) is 24.2. The van der Waals surface area contributed by atoms with Crippen molar-refractivity contribution in [3.8, 4) is 11.5 Å². The Labute approximate surface area is 216 Å². The molecule has 188 valence electrons. The number of hydrogen-bond donors (Lipinski definition) is 1. The molecule has 4 aromatic carbocycles. The number of carbonyl (C=O) groups excluding carboxylic acids is 2. The van der Waals surface area contributed by atoms with Gasteiger partial charge in [-0.2, -0.15) is 0 Å². The van der Waals surface area contributed by atoms with Gasteiger partial charge >= 0.3 is 6.03 Å². The molecule has 1 aliphatic rings. The molecule has 3 amide bonds. The van der Waals surface area contributed by atoms with E-state index in [1.807, 2.05) is 77.7 Å². The molecule has 4 aromatic rings. The fourth-order valence-corrected chi connectivity index (χ4v) is 4.78. The summed E-state index contributed by atoms with van der Waals surface area (Å²) in [5.41, 5.74) is 2.22. The van der Waals surface area contributed by atoms with Gasteiger partial charge in [-0.1, -0.05) is 60.7 Å². The number of fused-ring (bicyclic) bond motifs is 1. The molecule has 1 unspecified atom stereocenters. The average molecular weight is 496 g/mol. The molecule has 0 radical (unpaired) electrons. The van der Waals surface area contributed by atoms with E-state index in [2.05, 4.69) is 5.32 Å². The quantitative estimate of drug-likeness (QED) is 0.392. The Kier molecular flexibility index (Phi) is 6.94. The van der Waals surface area contributed by atoms with Gasteiger partial charge in [0, 0.05) is 30.9 Å². The number of piperazine rings is 1. The second-order valence-corrected chi connectivity index (χ2v) is 8.93. The molecule has 7 nitrogen and oxygen atoms in total. The van der Waals surface area contributed by atoms with Crippen LogP contribution in [0.2, 0.25) is 0 Å². The molecule has 1 fully saturated rings. The number of amides is 3. The summed E-state index contributed by atoms with van der Waals surface area (Å²) in [4.78, 5) is 30.5. The van der Waals surface area contributed by atoms with E-state index in [9.17, 15) is 9.59 Å². The topological polar surface area (TPSA) is 71.1 Å². The van der Waals surface area contributed by atoms with Crippen LogP contribution in [-0.4, -0.2) is 55.6 Å². The van der Waals surface area contributed by atoms with Crippen molar-refractivity contribution in [3.63, 3.8) is 0 Å². The largest absolute Gasteiger partial charge is 0.493 e. The molecule has 37 heavy (non-hydrogen) atoms. The molecular weight excluding hydrogens is 466 g/mol. The van der Waals surface area contributed by atoms with Gasteiger partial charge in [0.05, 0.1) is 20.3 Å². The van der Waals surface area contributed by atoms with Crippen LogP contribution in [0.1, 0.15) is 22.0 Å². The van der Waals surface area contributed by atoms with Crippen molar-refractivity contribution in [2.24, 2.45) is 0 Å². The number of rotatable bonds is 5. The molecule has 0 bridgehead atoms. The number of nitrogens with zero attached hydrogens (tertiary/aromatic N) is 2. The fourth-order valence-electron chi connectivity index (χ4n) is 4.78. The van der Waals surface area contributed by atoms with E-state index in [1.165, 1.54) is 0 Å². The van der Waals surface area contributed by atoms with Crippen molar-refractivity contribution in [3.05, 3.63) is 102 Å². The van der Waals surface area contributed by atoms with Crippen molar-refractivity contribution in [1.29, 1.82) is 0 Å². The van der Waals surface area contributed by atoms with E-state index < -0.39 is 0 Å². The molecule has 0 saturated carbocycles. The average Bonchev–Trinajstić information content (AvgIpc) is 2.96. The summed E-state index contributed by atoms with van der Waals surface area (Å²) in [6, 6.07) is 28.4. The lowest BCUT2D eigenvalue weighted by Gasteiger charge is -2.41. The zero-order chi connectivity index (χ0) is 25.8. The van der Waals surface area contributed by atoms with Gasteiger partial charge in [-0.05, 0) is 46.7 Å². The number of urea groups is 1. The Morgan fingerprint density at radius 1 is 0.784 bits per heavy atom. The van der Waals surface area contributed by atoms with Crippen molar-refractivity contribution < 1.29 is 19.1 Å². The molecular formula is C30H29N3O4. The third kappa shape index (κ3) is 5.07. The van der Waals surface area contributed by atoms with Gasteiger partial charge in [-0.25, -0.2) is 4.79 Å². The maximum Gasteiger partial charge on any atom is 0.321 e. The zero-order valence-corrected chi connectivity index (χ0v) is 20.9. The maximum atomic E-state index is 13.7. The number of nitrogens with one attached hydrogen (secondary N) is 1. The monoisotopic (exact) mass is 495 g/mol. The van der Waals surface area contributed by atoms with Crippen LogP contribution >= 0.6 is 0 Å². The van der Waals surface area contributed by atoms with Crippen LogP contribution in [0.5, 0.6) is 11.5 Å². The number of anilines is 1. The second-order valence-electron chi connectivity index (χ2n) is 8.93. The fraction of sp³-hybridized carbons (Fsp3) is 0.200. The van der Waals surface area contributed by atoms with Gasteiger partial charge in [-0.15, -0.1) is 0 Å². The summed E-state index contributed by atoms with van der Waals surface area (Å²) in [6.07, 6.45) is 0. The van der Waals surface area contributed by atoms with Crippen molar-refractivity contribution in [1.82, 2.24) is 9.80 Å². The molecule has 0 aromatic heterocycles. The van der Waals surface area contributed by atoms with Crippen LogP contribution < -0.4 is 14.8 Å². The van der Waals surface area contributed by atoms with E-state index in [4.69, 9.17) is 9.47 Å². The highest BCUT2D eigenvalue weighted by Gasteiger charge is 2.34. The van der Waals surface area contributed by atoms with E-state index >= 15 is 0 Å². The predicted octanol–water partition coefficient (Wildman–Crippen LogP) is 5.59. The lowest BCUT2D eigenvalue weighted by atomic mass is 10.0. The van der Waals surface area contributed by atoms with Gasteiger partial charge in [0.1, 0.15) is 0 Å². The Morgan fingerprint density at radius 2 is 1.51 bits per heavy atom. The van der Waals surface area contributed by atoms with Crippen LogP contribution in [0.4, 0.5) is 10.5 Å². The lowest BCUT2D eigenvalue weighted by molar-refractivity contribution is 0.0516. The molecule has 0 spiro atoms.